The second-order valence-corrected chi connectivity index (χ2v) is 6.12. The smallest absolute Gasteiger partial charge is 0.254 e. The molecule has 1 heterocycles. The molecular weight excluding hydrogens is 306 g/mol. The molecule has 1 saturated heterocycles. The molecule has 1 aromatic rings. The van der Waals surface area contributed by atoms with Gasteiger partial charge in [0.2, 0.25) is 5.91 Å². The van der Waals surface area contributed by atoms with Crippen molar-refractivity contribution in [1.82, 2.24) is 10.2 Å². The number of hydrogen-bond donors (Lipinski definition) is 2. The van der Waals surface area contributed by atoms with Crippen molar-refractivity contribution in [2.45, 2.75) is 38.3 Å². The highest BCUT2D eigenvalue weighted by Crippen LogP contribution is 2.20. The van der Waals surface area contributed by atoms with E-state index in [4.69, 9.17) is 10.5 Å². The molecule has 6 heteroatoms. The van der Waals surface area contributed by atoms with E-state index in [1.807, 2.05) is 29.2 Å². The first-order chi connectivity index (χ1) is 11.7. The van der Waals surface area contributed by atoms with Crippen molar-refractivity contribution in [3.63, 3.8) is 0 Å². The van der Waals surface area contributed by atoms with Gasteiger partial charge in [0.15, 0.2) is 0 Å². The van der Waals surface area contributed by atoms with Crippen LogP contribution in [0.3, 0.4) is 0 Å². The number of nitrogens with one attached hydrogen (secondary N) is 1. The largest absolute Gasteiger partial charge is 0.380 e. The lowest BCUT2D eigenvalue weighted by atomic mass is 10.00. The van der Waals surface area contributed by atoms with Gasteiger partial charge in [-0.15, -0.1) is 0 Å². The highest BCUT2D eigenvalue weighted by Gasteiger charge is 2.27. The van der Waals surface area contributed by atoms with Crippen molar-refractivity contribution < 1.29 is 14.3 Å². The predicted molar refractivity (Wildman–Crippen MR) is 92.5 cm³/mol. The number of benzene rings is 1. The van der Waals surface area contributed by atoms with Crippen molar-refractivity contribution in [3.05, 3.63) is 35.4 Å². The van der Waals surface area contributed by atoms with Crippen LogP contribution in [0.2, 0.25) is 0 Å². The summed E-state index contributed by atoms with van der Waals surface area (Å²) in [7, 11) is 1.65. The van der Waals surface area contributed by atoms with Crippen LogP contribution in [0.1, 0.15) is 41.6 Å². The fourth-order valence-electron chi connectivity index (χ4n) is 3.01. The summed E-state index contributed by atoms with van der Waals surface area (Å²) in [6, 6.07) is 7.56. The fraction of sp³-hybridized carbons (Fsp3) is 0.556. The second kappa shape index (κ2) is 9.39. The first-order valence-electron chi connectivity index (χ1n) is 8.51. The maximum Gasteiger partial charge on any atom is 0.254 e. The van der Waals surface area contributed by atoms with Crippen LogP contribution in [0.25, 0.3) is 0 Å². The molecule has 1 atom stereocenters. The Bertz CT molecular complexity index is 545. The maximum absolute atomic E-state index is 12.8. The minimum Gasteiger partial charge on any atom is -0.380 e. The molecule has 3 N–H and O–H groups in total. The van der Waals surface area contributed by atoms with Crippen LogP contribution in [0.15, 0.2) is 24.3 Å². The van der Waals surface area contributed by atoms with Gasteiger partial charge in [0, 0.05) is 44.8 Å². The van der Waals surface area contributed by atoms with Gasteiger partial charge in [0.1, 0.15) is 0 Å². The highest BCUT2D eigenvalue weighted by atomic mass is 16.5. The number of ether oxygens (including phenoxy) is 1. The van der Waals surface area contributed by atoms with Gasteiger partial charge in [-0.3, -0.25) is 9.59 Å². The number of likely N-dealkylation sites (tertiary alicyclic amines) is 1. The Kier molecular flexibility index (Phi) is 7.21. The van der Waals surface area contributed by atoms with Gasteiger partial charge >= 0.3 is 0 Å². The van der Waals surface area contributed by atoms with Gasteiger partial charge in [0.05, 0.1) is 6.61 Å². The SMILES string of the molecule is COCc1ccc(C(=O)N2CCCCC2CNC(=O)CCN)cc1. The fourth-order valence-corrected chi connectivity index (χ4v) is 3.01. The maximum atomic E-state index is 12.8. The Morgan fingerprint density at radius 1 is 1.29 bits per heavy atom. The standard InChI is InChI=1S/C18H27N3O3/c1-24-13-14-5-7-15(8-6-14)18(23)21-11-3-2-4-16(21)12-20-17(22)9-10-19/h5-8,16H,2-4,9-13,19H2,1H3,(H,20,22). The molecule has 0 aromatic heterocycles. The number of amides is 2. The lowest BCUT2D eigenvalue weighted by molar-refractivity contribution is -0.121. The second-order valence-electron chi connectivity index (χ2n) is 6.12. The summed E-state index contributed by atoms with van der Waals surface area (Å²) >= 11 is 0. The van der Waals surface area contributed by atoms with E-state index in [1.54, 1.807) is 7.11 Å². The molecule has 2 rings (SSSR count). The minimum absolute atomic E-state index is 0.0248. The molecular formula is C18H27N3O3. The third-order valence-corrected chi connectivity index (χ3v) is 4.31. The van der Waals surface area contributed by atoms with E-state index in [0.717, 1.165) is 31.4 Å². The number of piperidine rings is 1. The molecule has 1 aliphatic heterocycles. The van der Waals surface area contributed by atoms with Crippen molar-refractivity contribution in [2.24, 2.45) is 5.73 Å². The van der Waals surface area contributed by atoms with Crippen molar-refractivity contribution in [3.8, 4) is 0 Å². The summed E-state index contributed by atoms with van der Waals surface area (Å²) < 4.78 is 5.09. The van der Waals surface area contributed by atoms with Crippen LogP contribution in [-0.4, -0.2) is 49.5 Å². The third-order valence-electron chi connectivity index (χ3n) is 4.31. The molecule has 6 nitrogen and oxygen atoms in total. The first kappa shape index (κ1) is 18.4. The minimum atomic E-state index is -0.0561. The van der Waals surface area contributed by atoms with Gasteiger partial charge in [-0.1, -0.05) is 12.1 Å². The molecule has 1 fully saturated rings. The normalized spacial score (nSPS) is 17.6. The summed E-state index contributed by atoms with van der Waals surface area (Å²) in [6.45, 7) is 2.10. The Morgan fingerprint density at radius 3 is 2.71 bits per heavy atom. The van der Waals surface area contributed by atoms with Crippen molar-refractivity contribution in [1.29, 1.82) is 0 Å². The lowest BCUT2D eigenvalue weighted by Crippen LogP contribution is -2.49. The van der Waals surface area contributed by atoms with Crippen LogP contribution in [0.5, 0.6) is 0 Å². The van der Waals surface area contributed by atoms with E-state index in [1.165, 1.54) is 0 Å². The quantitative estimate of drug-likeness (QED) is 0.787. The average molecular weight is 333 g/mol. The van der Waals surface area contributed by atoms with Gasteiger partial charge in [-0.05, 0) is 37.0 Å². The molecule has 2 amide bonds. The lowest BCUT2D eigenvalue weighted by Gasteiger charge is -2.36. The summed E-state index contributed by atoms with van der Waals surface area (Å²) in [6.07, 6.45) is 3.31. The zero-order valence-electron chi connectivity index (χ0n) is 14.3. The van der Waals surface area contributed by atoms with Crippen molar-refractivity contribution in [2.75, 3.05) is 26.7 Å². The van der Waals surface area contributed by atoms with Crippen LogP contribution in [0, 0.1) is 0 Å². The Balaban J connectivity index is 2.00. The summed E-state index contributed by atoms with van der Waals surface area (Å²) in [5.74, 6) is -0.0314. The average Bonchev–Trinajstić information content (AvgIpc) is 2.61. The molecule has 1 aliphatic rings. The molecule has 0 saturated carbocycles. The van der Waals surface area contributed by atoms with E-state index in [9.17, 15) is 9.59 Å². The van der Waals surface area contributed by atoms with Crippen LogP contribution in [0.4, 0.5) is 0 Å². The molecule has 0 aliphatic carbocycles. The number of carbonyl (C=O) groups excluding carboxylic acids is 2. The van der Waals surface area contributed by atoms with Gasteiger partial charge < -0.3 is 20.7 Å². The summed E-state index contributed by atoms with van der Waals surface area (Å²) in [4.78, 5) is 26.3. The topological polar surface area (TPSA) is 84.7 Å². The van der Waals surface area contributed by atoms with E-state index >= 15 is 0 Å². The summed E-state index contributed by atoms with van der Waals surface area (Å²) in [5.41, 5.74) is 7.11. The van der Waals surface area contributed by atoms with Gasteiger partial charge in [0.25, 0.3) is 5.91 Å². The number of nitrogens with two attached hydrogens (primary N) is 1. The number of nitrogens with zero attached hydrogens (tertiary/aromatic N) is 1. The van der Waals surface area contributed by atoms with E-state index < -0.39 is 0 Å². The van der Waals surface area contributed by atoms with Gasteiger partial charge in [-0.25, -0.2) is 0 Å². The number of rotatable bonds is 7. The van der Waals surface area contributed by atoms with E-state index in [-0.39, 0.29) is 17.9 Å². The highest BCUT2D eigenvalue weighted by molar-refractivity contribution is 5.94. The first-order valence-corrected chi connectivity index (χ1v) is 8.51. The van der Waals surface area contributed by atoms with E-state index in [2.05, 4.69) is 5.32 Å². The Morgan fingerprint density at radius 2 is 2.04 bits per heavy atom. The number of hydrogen-bond acceptors (Lipinski definition) is 4. The predicted octanol–water partition coefficient (Wildman–Crippen LogP) is 1.29. The molecule has 1 unspecified atom stereocenters. The number of carbonyl (C=O) groups is 2. The molecule has 24 heavy (non-hydrogen) atoms. The Labute approximate surface area is 143 Å². The zero-order chi connectivity index (χ0) is 17.4. The molecule has 132 valence electrons. The van der Waals surface area contributed by atoms with Crippen LogP contribution >= 0.6 is 0 Å². The van der Waals surface area contributed by atoms with Crippen LogP contribution < -0.4 is 11.1 Å². The molecule has 0 bridgehead atoms. The van der Waals surface area contributed by atoms with Crippen LogP contribution in [-0.2, 0) is 16.1 Å². The monoisotopic (exact) mass is 333 g/mol. The molecule has 0 spiro atoms. The number of methoxy groups -OCH3 is 1. The summed E-state index contributed by atoms with van der Waals surface area (Å²) in [5, 5.41) is 2.89. The van der Waals surface area contributed by atoms with Gasteiger partial charge in [-0.2, -0.15) is 0 Å². The van der Waals surface area contributed by atoms with E-state index in [0.29, 0.717) is 31.7 Å². The zero-order valence-corrected chi connectivity index (χ0v) is 14.3. The third kappa shape index (κ3) is 5.04. The van der Waals surface area contributed by atoms with Crippen molar-refractivity contribution >= 4 is 11.8 Å². The Hall–Kier alpha value is -1.92. The molecule has 0 radical (unpaired) electrons. The molecule has 1 aromatic carbocycles.